The zero-order valence-electron chi connectivity index (χ0n) is 19.4. The van der Waals surface area contributed by atoms with E-state index >= 15 is 0 Å². The van der Waals surface area contributed by atoms with E-state index in [0.717, 1.165) is 28.3 Å². The fraction of sp³-hybridized carbons (Fsp3) is 0.440. The monoisotopic (exact) mass is 439 g/mol. The van der Waals surface area contributed by atoms with E-state index in [1.807, 2.05) is 26.2 Å². The number of hydrogen-bond acceptors (Lipinski definition) is 5. The van der Waals surface area contributed by atoms with Crippen LogP contribution in [-0.4, -0.2) is 49.6 Å². The molecule has 0 spiro atoms. The predicted molar refractivity (Wildman–Crippen MR) is 131 cm³/mol. The van der Waals surface area contributed by atoms with Crippen molar-refractivity contribution < 1.29 is 9.53 Å². The third kappa shape index (κ3) is 6.05. The van der Waals surface area contributed by atoms with Crippen molar-refractivity contribution in [2.45, 2.75) is 40.0 Å². The molecule has 0 atom stereocenters. The van der Waals surface area contributed by atoms with Gasteiger partial charge in [-0.1, -0.05) is 43.4 Å². The molecule has 166 valence electrons. The Labute approximate surface area is 189 Å². The predicted octanol–water partition coefficient (Wildman–Crippen LogP) is 5.40. The van der Waals surface area contributed by atoms with Crippen molar-refractivity contribution in [1.82, 2.24) is 9.88 Å². The Balaban J connectivity index is 1.77. The van der Waals surface area contributed by atoms with E-state index in [-0.39, 0.29) is 12.5 Å². The number of benzene rings is 2. The van der Waals surface area contributed by atoms with Gasteiger partial charge in [-0.05, 0) is 81.7 Å². The number of aromatic nitrogens is 1. The highest BCUT2D eigenvalue weighted by Gasteiger charge is 2.21. The largest absolute Gasteiger partial charge is 0.484 e. The third-order valence-electron chi connectivity index (χ3n) is 5.24. The minimum atomic E-state index is -0.0693. The van der Waals surface area contributed by atoms with E-state index in [1.54, 1.807) is 16.2 Å². The van der Waals surface area contributed by atoms with Crippen LogP contribution in [0.3, 0.4) is 0 Å². The molecule has 0 bridgehead atoms. The summed E-state index contributed by atoms with van der Waals surface area (Å²) in [5.41, 5.74) is 4.58. The van der Waals surface area contributed by atoms with Crippen molar-refractivity contribution in [3.63, 3.8) is 0 Å². The normalized spacial score (nSPS) is 11.5. The molecular formula is C25H33N3O2S. The highest BCUT2D eigenvalue weighted by atomic mass is 32.1. The molecule has 1 aromatic heterocycles. The lowest BCUT2D eigenvalue weighted by Crippen LogP contribution is -2.36. The fourth-order valence-corrected chi connectivity index (χ4v) is 4.58. The first-order valence-corrected chi connectivity index (χ1v) is 11.6. The number of aryl methyl sites for hydroxylation is 2. The summed E-state index contributed by atoms with van der Waals surface area (Å²) in [4.78, 5) is 21.9. The summed E-state index contributed by atoms with van der Waals surface area (Å²) in [6.07, 6.45) is 0.871. The van der Waals surface area contributed by atoms with Crippen LogP contribution in [0.15, 0.2) is 36.4 Å². The van der Waals surface area contributed by atoms with Gasteiger partial charge in [0.25, 0.3) is 5.91 Å². The van der Waals surface area contributed by atoms with Crippen molar-refractivity contribution in [3.05, 3.63) is 53.1 Å². The number of amides is 1. The van der Waals surface area contributed by atoms with Gasteiger partial charge < -0.3 is 9.64 Å². The summed E-state index contributed by atoms with van der Waals surface area (Å²) in [5, 5.41) is 0.742. The number of hydrogen-bond donors (Lipinski definition) is 0. The Morgan fingerprint density at radius 2 is 1.81 bits per heavy atom. The van der Waals surface area contributed by atoms with Gasteiger partial charge in [0.05, 0.1) is 10.2 Å². The second-order valence-corrected chi connectivity index (χ2v) is 9.62. The van der Waals surface area contributed by atoms with Crippen LogP contribution in [0.2, 0.25) is 0 Å². The molecule has 0 saturated carbocycles. The van der Waals surface area contributed by atoms with E-state index in [1.165, 1.54) is 16.7 Å². The molecule has 0 unspecified atom stereocenters. The molecule has 31 heavy (non-hydrogen) atoms. The van der Waals surface area contributed by atoms with Gasteiger partial charge in [-0.25, -0.2) is 4.98 Å². The molecule has 5 nitrogen and oxygen atoms in total. The summed E-state index contributed by atoms with van der Waals surface area (Å²) >= 11 is 1.58. The first-order valence-electron chi connectivity index (χ1n) is 10.8. The van der Waals surface area contributed by atoms with Crippen LogP contribution in [0.25, 0.3) is 10.2 Å². The van der Waals surface area contributed by atoms with Gasteiger partial charge in [-0.2, -0.15) is 0 Å². The summed E-state index contributed by atoms with van der Waals surface area (Å²) < 4.78 is 6.96. The molecule has 0 N–H and O–H groups in total. The van der Waals surface area contributed by atoms with Crippen LogP contribution in [0.4, 0.5) is 5.13 Å². The van der Waals surface area contributed by atoms with Gasteiger partial charge in [0.15, 0.2) is 11.7 Å². The van der Waals surface area contributed by atoms with E-state index in [0.29, 0.717) is 18.2 Å². The highest BCUT2D eigenvalue weighted by molar-refractivity contribution is 7.22. The Bertz CT molecular complexity index is 1030. The first kappa shape index (κ1) is 23.2. The molecule has 0 fully saturated rings. The average molecular weight is 440 g/mol. The first-order chi connectivity index (χ1) is 14.7. The Morgan fingerprint density at radius 3 is 2.45 bits per heavy atom. The van der Waals surface area contributed by atoms with Gasteiger partial charge in [0.2, 0.25) is 0 Å². The van der Waals surface area contributed by atoms with Gasteiger partial charge in [0.1, 0.15) is 5.75 Å². The zero-order chi connectivity index (χ0) is 22.5. The van der Waals surface area contributed by atoms with Crippen LogP contribution < -0.4 is 9.64 Å². The summed E-state index contributed by atoms with van der Waals surface area (Å²) in [7, 11) is 4.08. The Hall–Kier alpha value is -2.44. The topological polar surface area (TPSA) is 45.7 Å². The standard InChI is InChI=1S/C25H33N3O2S/c1-17(2)20-8-10-21(11-9-20)30-16-23(29)28(13-7-12-27(5)6)25-26-22-15-18(3)14-19(4)24(22)31-25/h8-11,14-15,17H,7,12-13,16H2,1-6H3. The Kier molecular flexibility index (Phi) is 7.68. The SMILES string of the molecule is Cc1cc(C)c2sc(N(CCCN(C)C)C(=O)COc3ccc(C(C)C)cc3)nc2c1. The molecule has 3 aromatic rings. The smallest absolute Gasteiger partial charge is 0.266 e. The molecule has 0 saturated heterocycles. The Morgan fingerprint density at radius 1 is 1.10 bits per heavy atom. The van der Waals surface area contributed by atoms with E-state index in [9.17, 15) is 4.79 Å². The molecule has 2 aromatic carbocycles. The highest BCUT2D eigenvalue weighted by Crippen LogP contribution is 2.32. The van der Waals surface area contributed by atoms with Crippen molar-refractivity contribution in [2.75, 3.05) is 38.7 Å². The maximum Gasteiger partial charge on any atom is 0.266 e. The van der Waals surface area contributed by atoms with E-state index in [4.69, 9.17) is 9.72 Å². The fourth-order valence-electron chi connectivity index (χ4n) is 3.52. The van der Waals surface area contributed by atoms with Crippen LogP contribution in [0, 0.1) is 13.8 Å². The lowest BCUT2D eigenvalue weighted by Gasteiger charge is -2.21. The minimum absolute atomic E-state index is 0.00305. The molecule has 0 radical (unpaired) electrons. The van der Waals surface area contributed by atoms with Crippen molar-refractivity contribution in [2.24, 2.45) is 0 Å². The van der Waals surface area contributed by atoms with Gasteiger partial charge in [-0.15, -0.1) is 0 Å². The lowest BCUT2D eigenvalue weighted by atomic mass is 10.0. The van der Waals surface area contributed by atoms with Crippen LogP contribution in [0.1, 0.15) is 42.9 Å². The molecule has 0 aliphatic heterocycles. The van der Waals surface area contributed by atoms with Crippen molar-refractivity contribution in [1.29, 1.82) is 0 Å². The quantitative estimate of drug-likeness (QED) is 0.448. The molecule has 6 heteroatoms. The average Bonchev–Trinajstić information content (AvgIpc) is 3.13. The lowest BCUT2D eigenvalue weighted by molar-refractivity contribution is -0.120. The molecule has 1 heterocycles. The van der Waals surface area contributed by atoms with Gasteiger partial charge >= 0.3 is 0 Å². The minimum Gasteiger partial charge on any atom is -0.484 e. The number of ether oxygens (including phenoxy) is 1. The zero-order valence-corrected chi connectivity index (χ0v) is 20.3. The molecule has 0 aliphatic rings. The second kappa shape index (κ2) is 10.2. The number of carbonyl (C=O) groups excluding carboxylic acids is 1. The number of carbonyl (C=O) groups is 1. The van der Waals surface area contributed by atoms with Crippen molar-refractivity contribution in [3.8, 4) is 5.75 Å². The maximum absolute atomic E-state index is 13.2. The number of thiazole rings is 1. The van der Waals surface area contributed by atoms with E-state index < -0.39 is 0 Å². The molecular weight excluding hydrogens is 406 g/mol. The third-order valence-corrected chi connectivity index (χ3v) is 6.47. The van der Waals surface area contributed by atoms with Gasteiger partial charge in [-0.3, -0.25) is 9.69 Å². The molecule has 3 rings (SSSR count). The van der Waals surface area contributed by atoms with Gasteiger partial charge in [0, 0.05) is 6.54 Å². The summed E-state index contributed by atoms with van der Waals surface area (Å²) in [6.45, 7) is 10.0. The molecule has 0 aliphatic carbocycles. The maximum atomic E-state index is 13.2. The number of anilines is 1. The van der Waals surface area contributed by atoms with Crippen LogP contribution in [0.5, 0.6) is 5.75 Å². The molecule has 1 amide bonds. The van der Waals surface area contributed by atoms with Crippen LogP contribution >= 0.6 is 11.3 Å². The number of rotatable bonds is 9. The van der Waals surface area contributed by atoms with E-state index in [2.05, 4.69) is 56.9 Å². The van der Waals surface area contributed by atoms with Crippen LogP contribution in [-0.2, 0) is 4.79 Å². The number of fused-ring (bicyclic) bond motifs is 1. The summed E-state index contributed by atoms with van der Waals surface area (Å²) in [5.74, 6) is 1.11. The summed E-state index contributed by atoms with van der Waals surface area (Å²) in [6, 6.07) is 12.2. The second-order valence-electron chi connectivity index (χ2n) is 8.64. The number of nitrogens with zero attached hydrogens (tertiary/aromatic N) is 3. The van der Waals surface area contributed by atoms with Crippen molar-refractivity contribution >= 4 is 32.6 Å².